The Bertz CT molecular complexity index is 262. The third-order valence-corrected chi connectivity index (χ3v) is 4.17. The highest BCUT2D eigenvalue weighted by molar-refractivity contribution is 8.00. The maximum atomic E-state index is 11.5. The first kappa shape index (κ1) is 14.4. The molecule has 2 N–H and O–H groups in total. The molecule has 1 amide bonds. The van der Waals surface area contributed by atoms with Crippen molar-refractivity contribution in [1.82, 2.24) is 5.32 Å². The van der Waals surface area contributed by atoms with Crippen LogP contribution in [0, 0.1) is 5.92 Å². The Morgan fingerprint density at radius 3 is 2.41 bits per heavy atom. The summed E-state index contributed by atoms with van der Waals surface area (Å²) in [6.45, 7) is 2.21. The highest BCUT2D eigenvalue weighted by atomic mass is 32.2. The molecule has 0 spiro atoms. The standard InChI is InChI=1S/C12H21NO3S/c1-2-9-3-5-10(6-4-9)13-11(14)7-17-8-12(15)16/h9-10H,2-8H2,1H3,(H,13,14)(H,15,16). The van der Waals surface area contributed by atoms with Gasteiger partial charge in [0.1, 0.15) is 0 Å². The summed E-state index contributed by atoms with van der Waals surface area (Å²) in [5.41, 5.74) is 0. The smallest absolute Gasteiger partial charge is 0.313 e. The van der Waals surface area contributed by atoms with E-state index in [0.717, 1.165) is 30.5 Å². The fourth-order valence-electron chi connectivity index (χ4n) is 2.22. The third kappa shape index (κ3) is 5.96. The van der Waals surface area contributed by atoms with Gasteiger partial charge in [-0.15, -0.1) is 11.8 Å². The summed E-state index contributed by atoms with van der Waals surface area (Å²) < 4.78 is 0. The summed E-state index contributed by atoms with van der Waals surface area (Å²) in [4.78, 5) is 21.8. The van der Waals surface area contributed by atoms with Crippen molar-refractivity contribution in [3.63, 3.8) is 0 Å². The van der Waals surface area contributed by atoms with Crippen molar-refractivity contribution in [2.75, 3.05) is 11.5 Å². The zero-order valence-corrected chi connectivity index (χ0v) is 11.1. The summed E-state index contributed by atoms with van der Waals surface area (Å²) in [5, 5.41) is 11.4. The number of carboxylic acid groups (broad SMARTS) is 1. The van der Waals surface area contributed by atoms with Gasteiger partial charge in [-0.1, -0.05) is 13.3 Å². The van der Waals surface area contributed by atoms with E-state index in [1.54, 1.807) is 0 Å². The summed E-state index contributed by atoms with van der Waals surface area (Å²) >= 11 is 1.15. The van der Waals surface area contributed by atoms with Gasteiger partial charge >= 0.3 is 5.97 Å². The van der Waals surface area contributed by atoms with E-state index in [1.807, 2.05) is 0 Å². The molecule has 0 radical (unpaired) electrons. The van der Waals surface area contributed by atoms with Crippen molar-refractivity contribution in [2.24, 2.45) is 5.92 Å². The molecule has 0 aromatic carbocycles. The molecule has 0 heterocycles. The second-order valence-electron chi connectivity index (χ2n) is 4.58. The van der Waals surface area contributed by atoms with Gasteiger partial charge in [0.05, 0.1) is 11.5 Å². The summed E-state index contributed by atoms with van der Waals surface area (Å²) in [5.74, 6) is 0.169. The van der Waals surface area contributed by atoms with Crippen LogP contribution in [-0.2, 0) is 9.59 Å². The van der Waals surface area contributed by atoms with Gasteiger partial charge < -0.3 is 10.4 Å². The van der Waals surface area contributed by atoms with Gasteiger partial charge in [0.25, 0.3) is 0 Å². The average molecular weight is 259 g/mol. The molecule has 1 aliphatic carbocycles. The number of aliphatic carboxylic acids is 1. The molecule has 98 valence electrons. The lowest BCUT2D eigenvalue weighted by molar-refractivity contribution is -0.133. The Balaban J connectivity index is 2.12. The van der Waals surface area contributed by atoms with Gasteiger partial charge in [-0.05, 0) is 31.6 Å². The van der Waals surface area contributed by atoms with Crippen molar-refractivity contribution < 1.29 is 14.7 Å². The number of rotatable bonds is 6. The molecule has 4 nitrogen and oxygen atoms in total. The van der Waals surface area contributed by atoms with Gasteiger partial charge in [-0.25, -0.2) is 0 Å². The lowest BCUT2D eigenvalue weighted by atomic mass is 9.84. The molecule has 1 fully saturated rings. The normalized spacial score (nSPS) is 24.3. The molecule has 1 rings (SSSR count). The first-order chi connectivity index (χ1) is 8.11. The van der Waals surface area contributed by atoms with E-state index in [1.165, 1.54) is 19.3 Å². The number of hydrogen-bond acceptors (Lipinski definition) is 3. The van der Waals surface area contributed by atoms with Crippen LogP contribution in [0.25, 0.3) is 0 Å². The van der Waals surface area contributed by atoms with Crippen LogP contribution in [0.4, 0.5) is 0 Å². The van der Waals surface area contributed by atoms with Crippen molar-refractivity contribution in [2.45, 2.75) is 45.1 Å². The fraction of sp³-hybridized carbons (Fsp3) is 0.833. The minimum atomic E-state index is -0.869. The molecule has 1 aliphatic rings. The molecule has 0 unspecified atom stereocenters. The SMILES string of the molecule is CCC1CCC(NC(=O)CSCC(=O)O)CC1. The van der Waals surface area contributed by atoms with Crippen LogP contribution >= 0.6 is 11.8 Å². The molecule has 0 aromatic heterocycles. The van der Waals surface area contributed by atoms with Gasteiger partial charge in [-0.2, -0.15) is 0 Å². The van der Waals surface area contributed by atoms with Crippen LogP contribution in [0.1, 0.15) is 39.0 Å². The number of carboxylic acids is 1. The first-order valence-corrected chi connectivity index (χ1v) is 7.36. The maximum Gasteiger partial charge on any atom is 0.313 e. The second-order valence-corrected chi connectivity index (χ2v) is 5.57. The monoisotopic (exact) mass is 259 g/mol. The summed E-state index contributed by atoms with van der Waals surface area (Å²) in [7, 11) is 0. The number of carbonyl (C=O) groups is 2. The predicted molar refractivity (Wildman–Crippen MR) is 69.1 cm³/mol. The number of nitrogens with one attached hydrogen (secondary N) is 1. The lowest BCUT2D eigenvalue weighted by Gasteiger charge is -2.28. The molecule has 1 saturated carbocycles. The van der Waals surface area contributed by atoms with Crippen LogP contribution in [0.3, 0.4) is 0 Å². The fourth-order valence-corrected chi connectivity index (χ4v) is 2.76. The molecule has 5 heteroatoms. The second kappa shape index (κ2) is 7.58. The maximum absolute atomic E-state index is 11.5. The van der Waals surface area contributed by atoms with E-state index >= 15 is 0 Å². The lowest BCUT2D eigenvalue weighted by Crippen LogP contribution is -2.38. The number of amides is 1. The van der Waals surface area contributed by atoms with Crippen LogP contribution in [0.15, 0.2) is 0 Å². The Labute approximate surface area is 107 Å². The van der Waals surface area contributed by atoms with E-state index < -0.39 is 5.97 Å². The van der Waals surface area contributed by atoms with E-state index in [-0.39, 0.29) is 17.4 Å². The molecule has 0 atom stereocenters. The molecular formula is C12H21NO3S. The highest BCUT2D eigenvalue weighted by Gasteiger charge is 2.21. The Kier molecular flexibility index (Phi) is 6.40. The largest absolute Gasteiger partial charge is 0.481 e. The molecule has 0 saturated heterocycles. The third-order valence-electron chi connectivity index (χ3n) is 3.25. The van der Waals surface area contributed by atoms with Crippen molar-refractivity contribution in [1.29, 1.82) is 0 Å². The van der Waals surface area contributed by atoms with Crippen LogP contribution in [0.5, 0.6) is 0 Å². The zero-order valence-electron chi connectivity index (χ0n) is 10.3. The molecular weight excluding hydrogens is 238 g/mol. The Hall–Kier alpha value is -0.710. The molecule has 17 heavy (non-hydrogen) atoms. The number of carbonyl (C=O) groups excluding carboxylic acids is 1. The number of thioether (sulfide) groups is 1. The highest BCUT2D eigenvalue weighted by Crippen LogP contribution is 2.26. The minimum absolute atomic E-state index is 0.00397. The zero-order chi connectivity index (χ0) is 12.7. The quantitative estimate of drug-likeness (QED) is 0.764. The molecule has 0 bridgehead atoms. The summed E-state index contributed by atoms with van der Waals surface area (Å²) in [6.07, 6.45) is 5.75. The van der Waals surface area contributed by atoms with E-state index in [9.17, 15) is 9.59 Å². The van der Waals surface area contributed by atoms with Gasteiger partial charge in [-0.3, -0.25) is 9.59 Å². The van der Waals surface area contributed by atoms with Gasteiger partial charge in [0, 0.05) is 6.04 Å². The van der Waals surface area contributed by atoms with Gasteiger partial charge in [0.15, 0.2) is 0 Å². The van der Waals surface area contributed by atoms with E-state index in [2.05, 4.69) is 12.2 Å². The number of hydrogen-bond donors (Lipinski definition) is 2. The Morgan fingerprint density at radius 2 is 1.88 bits per heavy atom. The van der Waals surface area contributed by atoms with Gasteiger partial charge in [0.2, 0.25) is 5.91 Å². The molecule has 0 aliphatic heterocycles. The van der Waals surface area contributed by atoms with Crippen molar-refractivity contribution in [3.8, 4) is 0 Å². The minimum Gasteiger partial charge on any atom is -0.481 e. The predicted octanol–water partition coefficient (Wildman–Crippen LogP) is 1.89. The van der Waals surface area contributed by atoms with Crippen LogP contribution in [-0.4, -0.2) is 34.5 Å². The van der Waals surface area contributed by atoms with E-state index in [0.29, 0.717) is 6.04 Å². The average Bonchev–Trinajstić information content (AvgIpc) is 2.29. The van der Waals surface area contributed by atoms with Crippen molar-refractivity contribution >= 4 is 23.6 Å². The first-order valence-electron chi connectivity index (χ1n) is 6.20. The van der Waals surface area contributed by atoms with Crippen LogP contribution < -0.4 is 5.32 Å². The summed E-state index contributed by atoms with van der Waals surface area (Å²) in [6, 6.07) is 0.302. The van der Waals surface area contributed by atoms with Crippen LogP contribution in [0.2, 0.25) is 0 Å². The van der Waals surface area contributed by atoms with E-state index in [4.69, 9.17) is 5.11 Å². The molecule has 0 aromatic rings. The topological polar surface area (TPSA) is 66.4 Å². The Morgan fingerprint density at radius 1 is 1.24 bits per heavy atom. The van der Waals surface area contributed by atoms with Crippen molar-refractivity contribution in [3.05, 3.63) is 0 Å².